The summed E-state index contributed by atoms with van der Waals surface area (Å²) >= 11 is 0. The number of benzene rings is 2. The van der Waals surface area contributed by atoms with Crippen LogP contribution in [0.3, 0.4) is 0 Å². The molecule has 3 aromatic rings. The number of pyridine rings is 1. The fourth-order valence-electron chi connectivity index (χ4n) is 2.92. The normalized spacial score (nSPS) is 18.2. The molecule has 27 heavy (non-hydrogen) atoms. The van der Waals surface area contributed by atoms with Crippen LogP contribution in [0, 0.1) is 17.7 Å². The van der Waals surface area contributed by atoms with E-state index >= 15 is 0 Å². The van der Waals surface area contributed by atoms with Crippen LogP contribution < -0.4 is 5.32 Å². The van der Waals surface area contributed by atoms with Crippen LogP contribution >= 0.6 is 0 Å². The highest BCUT2D eigenvalue weighted by Gasteiger charge is 2.37. The highest BCUT2D eigenvalue weighted by molar-refractivity contribution is 5.71. The third kappa shape index (κ3) is 3.80. The number of rotatable bonds is 2. The third-order valence-electron chi connectivity index (χ3n) is 4.21. The van der Waals surface area contributed by atoms with Gasteiger partial charge in [-0.05, 0) is 47.9 Å². The number of alkyl carbamates (subject to hydrolysis) is 1. The Morgan fingerprint density at radius 1 is 0.926 bits per heavy atom. The van der Waals surface area contributed by atoms with Gasteiger partial charge in [-0.2, -0.15) is 0 Å². The Kier molecular flexibility index (Phi) is 4.54. The predicted molar refractivity (Wildman–Crippen MR) is 98.2 cm³/mol. The van der Waals surface area contributed by atoms with Crippen LogP contribution in [0.1, 0.15) is 34.7 Å². The summed E-state index contributed by atoms with van der Waals surface area (Å²) in [4.78, 5) is 16.4. The van der Waals surface area contributed by atoms with Crippen LogP contribution in [0.15, 0.2) is 72.8 Å². The summed E-state index contributed by atoms with van der Waals surface area (Å²) in [6.45, 7) is 0. The molecule has 1 aromatic heterocycles. The van der Waals surface area contributed by atoms with Crippen molar-refractivity contribution in [3.05, 3.63) is 101 Å². The predicted octanol–water partition coefficient (Wildman–Crippen LogP) is 4.14. The lowest BCUT2D eigenvalue weighted by Gasteiger charge is -2.16. The van der Waals surface area contributed by atoms with Crippen molar-refractivity contribution in [3.63, 3.8) is 0 Å². The van der Waals surface area contributed by atoms with Crippen LogP contribution in [-0.2, 0) is 4.74 Å². The lowest BCUT2D eigenvalue weighted by molar-refractivity contribution is 0.132. The number of carbonyl (C=O) groups is 1. The second-order valence-corrected chi connectivity index (χ2v) is 6.06. The van der Waals surface area contributed by atoms with E-state index in [1.165, 1.54) is 12.1 Å². The van der Waals surface area contributed by atoms with Crippen LogP contribution in [-0.4, -0.2) is 11.1 Å². The molecule has 1 N–H and O–H groups in total. The fraction of sp³-hybridized carbons (Fsp3) is 0.0909. The van der Waals surface area contributed by atoms with Gasteiger partial charge < -0.3 is 10.1 Å². The van der Waals surface area contributed by atoms with Crippen molar-refractivity contribution in [3.8, 4) is 11.8 Å². The Morgan fingerprint density at radius 3 is 2.48 bits per heavy atom. The summed E-state index contributed by atoms with van der Waals surface area (Å²) in [5, 5.41) is 2.81. The Labute approximate surface area is 156 Å². The Morgan fingerprint density at radius 2 is 1.70 bits per heavy atom. The van der Waals surface area contributed by atoms with Gasteiger partial charge >= 0.3 is 6.09 Å². The molecular formula is C22H15FN2O2. The van der Waals surface area contributed by atoms with Gasteiger partial charge in [-0.3, -0.25) is 0 Å². The van der Waals surface area contributed by atoms with Gasteiger partial charge in [0.1, 0.15) is 17.6 Å². The number of hydrogen-bond donors (Lipinski definition) is 1. The standard InChI is InChI=1S/C22H15FN2O2/c23-17-12-9-15(10-13-17)11-14-18-7-4-8-19(24-18)20-21(27-22(26)25-20)16-5-2-1-3-6-16/h1-10,12-13,20-21H,(H,25,26)/t20-,21-/m0/s1. The number of carbonyl (C=O) groups excluding carboxylic acids is 1. The third-order valence-corrected chi connectivity index (χ3v) is 4.21. The zero-order valence-electron chi connectivity index (χ0n) is 14.2. The minimum absolute atomic E-state index is 0.301. The van der Waals surface area contributed by atoms with Crippen molar-refractivity contribution in [1.29, 1.82) is 0 Å². The second kappa shape index (κ2) is 7.30. The number of aromatic nitrogens is 1. The van der Waals surface area contributed by atoms with Gasteiger partial charge in [-0.15, -0.1) is 0 Å². The average Bonchev–Trinajstić information content (AvgIpc) is 3.10. The van der Waals surface area contributed by atoms with E-state index in [-0.39, 0.29) is 5.82 Å². The zero-order valence-corrected chi connectivity index (χ0v) is 14.2. The maximum Gasteiger partial charge on any atom is 0.408 e. The number of cyclic esters (lactones) is 1. The van der Waals surface area contributed by atoms with E-state index in [1.54, 1.807) is 18.2 Å². The SMILES string of the molecule is O=C1N[C@@H](c2cccc(C#Cc3ccc(F)cc3)n2)[C@H](c2ccccc2)O1. The Bertz CT molecular complexity index is 1020. The molecule has 1 saturated heterocycles. The molecular weight excluding hydrogens is 343 g/mol. The van der Waals surface area contributed by atoms with Crippen LogP contribution in [0.25, 0.3) is 0 Å². The molecule has 1 amide bonds. The van der Waals surface area contributed by atoms with Crippen LogP contribution in [0.4, 0.5) is 9.18 Å². The summed E-state index contributed by atoms with van der Waals surface area (Å²) in [7, 11) is 0. The molecule has 5 heteroatoms. The van der Waals surface area contributed by atoms with E-state index in [1.807, 2.05) is 42.5 Å². The molecule has 0 aliphatic carbocycles. The summed E-state index contributed by atoms with van der Waals surface area (Å²) in [6.07, 6.45) is -0.926. The van der Waals surface area contributed by atoms with E-state index in [4.69, 9.17) is 4.74 Å². The van der Waals surface area contributed by atoms with Crippen molar-refractivity contribution in [2.45, 2.75) is 12.1 Å². The average molecular weight is 358 g/mol. The number of nitrogens with one attached hydrogen (secondary N) is 1. The number of ether oxygens (including phenoxy) is 1. The maximum atomic E-state index is 13.0. The highest BCUT2D eigenvalue weighted by atomic mass is 19.1. The van der Waals surface area contributed by atoms with Crippen molar-refractivity contribution < 1.29 is 13.9 Å². The molecule has 0 bridgehead atoms. The van der Waals surface area contributed by atoms with Gasteiger partial charge in [0, 0.05) is 5.56 Å². The van der Waals surface area contributed by atoms with Crippen LogP contribution in [0.5, 0.6) is 0 Å². The molecule has 132 valence electrons. The Balaban J connectivity index is 1.62. The van der Waals surface area contributed by atoms with Gasteiger partial charge in [0.05, 0.1) is 5.69 Å². The first-order chi connectivity index (χ1) is 13.2. The van der Waals surface area contributed by atoms with E-state index in [0.717, 1.165) is 5.56 Å². The number of amides is 1. The molecule has 0 saturated carbocycles. The van der Waals surface area contributed by atoms with Crippen molar-refractivity contribution in [1.82, 2.24) is 10.3 Å². The van der Waals surface area contributed by atoms with E-state index < -0.39 is 18.2 Å². The van der Waals surface area contributed by atoms with E-state index in [0.29, 0.717) is 17.0 Å². The summed E-state index contributed by atoms with van der Waals surface area (Å²) < 4.78 is 18.4. The first kappa shape index (κ1) is 16.8. The van der Waals surface area contributed by atoms with E-state index in [9.17, 15) is 9.18 Å². The number of halogens is 1. The molecule has 4 nitrogen and oxygen atoms in total. The quantitative estimate of drug-likeness (QED) is 0.701. The first-order valence-corrected chi connectivity index (χ1v) is 8.46. The molecule has 0 unspecified atom stereocenters. The van der Waals surface area contributed by atoms with Crippen molar-refractivity contribution in [2.75, 3.05) is 0 Å². The lowest BCUT2D eigenvalue weighted by Crippen LogP contribution is -2.20. The van der Waals surface area contributed by atoms with Gasteiger partial charge in [-0.1, -0.05) is 42.3 Å². The van der Waals surface area contributed by atoms with Crippen LogP contribution in [0.2, 0.25) is 0 Å². The minimum Gasteiger partial charge on any atom is -0.439 e. The van der Waals surface area contributed by atoms with Gasteiger partial charge in [0.25, 0.3) is 0 Å². The Hall–Kier alpha value is -3.65. The zero-order chi connectivity index (χ0) is 18.6. The summed E-state index contributed by atoms with van der Waals surface area (Å²) in [6, 6.07) is 20.6. The summed E-state index contributed by atoms with van der Waals surface area (Å²) in [5.41, 5.74) is 2.82. The molecule has 1 aliphatic heterocycles. The molecule has 2 atom stereocenters. The highest BCUT2D eigenvalue weighted by Crippen LogP contribution is 2.35. The maximum absolute atomic E-state index is 13.0. The van der Waals surface area contributed by atoms with Gasteiger partial charge in [0.2, 0.25) is 0 Å². The second-order valence-electron chi connectivity index (χ2n) is 6.06. The molecule has 2 aromatic carbocycles. The molecule has 1 aliphatic rings. The van der Waals surface area contributed by atoms with Gasteiger partial charge in [-0.25, -0.2) is 14.2 Å². The van der Waals surface area contributed by atoms with Gasteiger partial charge in [0.15, 0.2) is 6.10 Å². The molecule has 0 radical (unpaired) electrons. The molecule has 4 rings (SSSR count). The monoisotopic (exact) mass is 358 g/mol. The fourth-order valence-corrected chi connectivity index (χ4v) is 2.92. The lowest BCUT2D eigenvalue weighted by atomic mass is 10.00. The van der Waals surface area contributed by atoms with Crippen molar-refractivity contribution >= 4 is 6.09 Å². The minimum atomic E-state index is -0.474. The van der Waals surface area contributed by atoms with Crippen molar-refractivity contribution in [2.24, 2.45) is 0 Å². The molecule has 1 fully saturated rings. The smallest absolute Gasteiger partial charge is 0.408 e. The largest absolute Gasteiger partial charge is 0.439 e. The summed E-state index contributed by atoms with van der Waals surface area (Å²) in [5.74, 6) is 5.63. The number of nitrogens with zero attached hydrogens (tertiary/aromatic N) is 1. The first-order valence-electron chi connectivity index (χ1n) is 8.46. The topological polar surface area (TPSA) is 51.2 Å². The number of hydrogen-bond acceptors (Lipinski definition) is 3. The molecule has 0 spiro atoms. The van der Waals surface area contributed by atoms with E-state index in [2.05, 4.69) is 22.1 Å². The molecule has 2 heterocycles.